The zero-order valence-corrected chi connectivity index (χ0v) is 16.2. The molecule has 0 aliphatic carbocycles. The number of furan rings is 1. The second-order valence-electron chi connectivity index (χ2n) is 5.87. The fourth-order valence-corrected chi connectivity index (χ4v) is 3.37. The molecule has 4 rings (SSSR count). The molecular formula is C17H10BrClF3N5O. The van der Waals surface area contributed by atoms with E-state index in [4.69, 9.17) is 16.0 Å². The number of alkyl halides is 3. The van der Waals surface area contributed by atoms with E-state index >= 15 is 0 Å². The topological polar surface area (TPSA) is 79.6 Å². The number of tetrazole rings is 1. The molecule has 2 N–H and O–H groups in total. The third-order valence-corrected chi connectivity index (χ3v) is 5.05. The third-order valence-electron chi connectivity index (χ3n) is 4.01. The van der Waals surface area contributed by atoms with Gasteiger partial charge in [-0.05, 0) is 47.2 Å². The first-order valence-electron chi connectivity index (χ1n) is 7.87. The average molecular weight is 473 g/mol. The highest BCUT2D eigenvalue weighted by molar-refractivity contribution is 9.10. The summed E-state index contributed by atoms with van der Waals surface area (Å²) in [6.07, 6.45) is -4.45. The van der Waals surface area contributed by atoms with E-state index < -0.39 is 11.7 Å². The van der Waals surface area contributed by atoms with Gasteiger partial charge in [0.25, 0.3) is 0 Å². The van der Waals surface area contributed by atoms with Crippen LogP contribution < -0.4 is 5.32 Å². The van der Waals surface area contributed by atoms with Gasteiger partial charge in [-0.25, -0.2) is 0 Å². The lowest BCUT2D eigenvalue weighted by Gasteiger charge is -2.13. The number of hydrogen-bond donors (Lipinski definition) is 2. The number of H-pyrrole nitrogens is 1. The zero-order valence-electron chi connectivity index (χ0n) is 13.8. The number of anilines is 1. The number of benzene rings is 2. The molecule has 0 saturated carbocycles. The Morgan fingerprint density at radius 1 is 1.18 bits per heavy atom. The number of nitrogens with one attached hydrogen (secondary N) is 2. The molecular weight excluding hydrogens is 463 g/mol. The van der Waals surface area contributed by atoms with Crippen molar-refractivity contribution in [2.24, 2.45) is 0 Å². The molecule has 28 heavy (non-hydrogen) atoms. The SMILES string of the molecule is FC(F)(F)c1cc(NCc2cc3oc(-c4nn[nH]n4)cc3cc2Cl)ccc1Br. The molecule has 0 spiro atoms. The summed E-state index contributed by atoms with van der Waals surface area (Å²) in [5.41, 5.74) is 0.779. The molecule has 144 valence electrons. The van der Waals surface area contributed by atoms with Crippen LogP contribution in [0, 0.1) is 0 Å². The van der Waals surface area contributed by atoms with Gasteiger partial charge >= 0.3 is 6.18 Å². The van der Waals surface area contributed by atoms with Crippen molar-refractivity contribution < 1.29 is 17.6 Å². The van der Waals surface area contributed by atoms with Gasteiger partial charge in [0.15, 0.2) is 5.76 Å². The molecule has 2 aromatic heterocycles. The van der Waals surface area contributed by atoms with Crippen LogP contribution in [0.1, 0.15) is 11.1 Å². The minimum Gasteiger partial charge on any atom is -0.453 e. The first-order valence-corrected chi connectivity index (χ1v) is 9.05. The lowest BCUT2D eigenvalue weighted by atomic mass is 10.1. The molecule has 0 saturated heterocycles. The van der Waals surface area contributed by atoms with E-state index in [0.29, 0.717) is 33.4 Å². The largest absolute Gasteiger partial charge is 0.453 e. The molecule has 2 aromatic carbocycles. The Kier molecular flexibility index (Phi) is 4.76. The van der Waals surface area contributed by atoms with E-state index in [9.17, 15) is 13.2 Å². The van der Waals surface area contributed by atoms with Gasteiger partial charge in [0.05, 0.1) is 5.56 Å². The van der Waals surface area contributed by atoms with Crippen molar-refractivity contribution in [3.63, 3.8) is 0 Å². The van der Waals surface area contributed by atoms with Crippen LogP contribution >= 0.6 is 27.5 Å². The van der Waals surface area contributed by atoms with E-state index in [2.05, 4.69) is 41.9 Å². The molecule has 11 heteroatoms. The van der Waals surface area contributed by atoms with E-state index in [0.717, 1.165) is 11.5 Å². The Balaban J connectivity index is 1.59. The highest BCUT2D eigenvalue weighted by atomic mass is 79.9. The Labute approximate surface area is 169 Å². The maximum atomic E-state index is 13.0. The van der Waals surface area contributed by atoms with Gasteiger partial charge in [0.1, 0.15) is 5.58 Å². The van der Waals surface area contributed by atoms with E-state index in [1.54, 1.807) is 24.3 Å². The summed E-state index contributed by atoms with van der Waals surface area (Å²) in [7, 11) is 0. The van der Waals surface area contributed by atoms with E-state index in [1.807, 2.05) is 0 Å². The minimum atomic E-state index is -4.45. The van der Waals surface area contributed by atoms with Crippen molar-refractivity contribution in [3.8, 4) is 11.6 Å². The van der Waals surface area contributed by atoms with Gasteiger partial charge in [-0.2, -0.15) is 18.4 Å². The van der Waals surface area contributed by atoms with Gasteiger partial charge in [-0.3, -0.25) is 0 Å². The molecule has 2 heterocycles. The predicted molar refractivity (Wildman–Crippen MR) is 101 cm³/mol. The fraction of sp³-hybridized carbons (Fsp3) is 0.118. The Hall–Kier alpha value is -2.59. The molecule has 0 radical (unpaired) electrons. The van der Waals surface area contributed by atoms with Crippen LogP contribution in [-0.2, 0) is 12.7 Å². The van der Waals surface area contributed by atoms with E-state index in [-0.39, 0.29) is 11.0 Å². The number of nitrogens with zero attached hydrogens (tertiary/aromatic N) is 3. The van der Waals surface area contributed by atoms with Crippen LogP contribution in [-0.4, -0.2) is 20.6 Å². The first-order chi connectivity index (χ1) is 13.3. The van der Waals surface area contributed by atoms with Gasteiger partial charge in [0.2, 0.25) is 5.82 Å². The quantitative estimate of drug-likeness (QED) is 0.401. The number of halogens is 5. The zero-order chi connectivity index (χ0) is 19.9. The smallest absolute Gasteiger partial charge is 0.417 e. The maximum absolute atomic E-state index is 13.0. The summed E-state index contributed by atoms with van der Waals surface area (Å²) in [5.74, 6) is 0.731. The summed E-state index contributed by atoms with van der Waals surface area (Å²) >= 11 is 9.24. The van der Waals surface area contributed by atoms with Crippen molar-refractivity contribution in [1.82, 2.24) is 20.6 Å². The molecule has 4 aromatic rings. The molecule has 6 nitrogen and oxygen atoms in total. The summed E-state index contributed by atoms with van der Waals surface area (Å²) in [6, 6.07) is 9.10. The lowest BCUT2D eigenvalue weighted by molar-refractivity contribution is -0.138. The third kappa shape index (κ3) is 3.69. The van der Waals surface area contributed by atoms with Crippen LogP contribution in [0.3, 0.4) is 0 Å². The van der Waals surface area contributed by atoms with Gasteiger partial charge < -0.3 is 9.73 Å². The number of aromatic amines is 1. The summed E-state index contributed by atoms with van der Waals surface area (Å²) in [6.45, 7) is 0.214. The predicted octanol–water partition coefficient (Wildman–Crippen LogP) is 5.66. The van der Waals surface area contributed by atoms with Crippen LogP contribution in [0.15, 0.2) is 45.3 Å². The Morgan fingerprint density at radius 3 is 2.71 bits per heavy atom. The van der Waals surface area contributed by atoms with Crippen molar-refractivity contribution in [2.45, 2.75) is 12.7 Å². The highest BCUT2D eigenvalue weighted by Crippen LogP contribution is 2.36. The van der Waals surface area contributed by atoms with Crippen LogP contribution in [0.25, 0.3) is 22.6 Å². The second kappa shape index (κ2) is 7.10. The van der Waals surface area contributed by atoms with Crippen molar-refractivity contribution >= 4 is 44.2 Å². The van der Waals surface area contributed by atoms with Gasteiger partial charge in [-0.1, -0.05) is 27.5 Å². The highest BCUT2D eigenvalue weighted by Gasteiger charge is 2.33. The standard InChI is InChI=1S/C17H10BrClF3N5O/c18-12-2-1-10(6-11(12)17(20,21)22)23-7-9-5-14-8(3-13(9)19)4-15(28-14)16-24-26-27-25-16/h1-6,23H,7H2,(H,24,25,26,27). The van der Waals surface area contributed by atoms with Gasteiger partial charge in [-0.15, -0.1) is 10.2 Å². The fourth-order valence-electron chi connectivity index (χ4n) is 2.66. The first kappa shape index (κ1) is 18.8. The summed E-state index contributed by atoms with van der Waals surface area (Å²) in [5, 5.41) is 17.7. The number of rotatable bonds is 4. The van der Waals surface area contributed by atoms with E-state index in [1.165, 1.54) is 6.07 Å². The molecule has 0 aliphatic rings. The second-order valence-corrected chi connectivity index (χ2v) is 7.13. The van der Waals surface area contributed by atoms with Crippen LogP contribution in [0.2, 0.25) is 5.02 Å². The number of fused-ring (bicyclic) bond motifs is 1. The normalized spacial score (nSPS) is 11.9. The summed E-state index contributed by atoms with van der Waals surface area (Å²) < 4.78 is 44.8. The van der Waals surface area contributed by atoms with Crippen LogP contribution in [0.5, 0.6) is 0 Å². The van der Waals surface area contributed by atoms with Gasteiger partial charge in [0, 0.05) is 27.1 Å². The number of hydrogen-bond acceptors (Lipinski definition) is 5. The molecule has 0 unspecified atom stereocenters. The molecule has 0 amide bonds. The van der Waals surface area contributed by atoms with Crippen molar-refractivity contribution in [3.05, 3.63) is 57.0 Å². The molecule has 0 aliphatic heterocycles. The lowest BCUT2D eigenvalue weighted by Crippen LogP contribution is -2.08. The monoisotopic (exact) mass is 471 g/mol. The van der Waals surface area contributed by atoms with Crippen molar-refractivity contribution in [2.75, 3.05) is 5.32 Å². The van der Waals surface area contributed by atoms with Crippen LogP contribution in [0.4, 0.5) is 18.9 Å². The minimum absolute atomic E-state index is 0.0189. The average Bonchev–Trinajstić information content (AvgIpc) is 3.29. The number of aromatic nitrogens is 4. The maximum Gasteiger partial charge on any atom is 0.417 e. The van der Waals surface area contributed by atoms with Crippen molar-refractivity contribution in [1.29, 1.82) is 0 Å². The molecule has 0 fully saturated rings. The Bertz CT molecular complexity index is 1140. The molecule has 0 atom stereocenters. The molecule has 0 bridgehead atoms. The summed E-state index contributed by atoms with van der Waals surface area (Å²) in [4.78, 5) is 0. The Morgan fingerprint density at radius 2 is 2.00 bits per heavy atom.